The van der Waals surface area contributed by atoms with E-state index < -0.39 is 0 Å². The molecule has 0 aliphatic rings. The molecule has 5 rings (SSSR count). The van der Waals surface area contributed by atoms with Crippen molar-refractivity contribution in [1.82, 2.24) is 4.40 Å². The second kappa shape index (κ2) is 5.20. The van der Waals surface area contributed by atoms with E-state index >= 15 is 0 Å². The monoisotopic (exact) mass is 309 g/mol. The highest BCUT2D eigenvalue weighted by molar-refractivity contribution is 6.10. The van der Waals surface area contributed by atoms with E-state index in [1.807, 2.05) is 0 Å². The van der Waals surface area contributed by atoms with Crippen LogP contribution in [0.1, 0.15) is 5.56 Å². The molecule has 2 nitrogen and oxygen atoms in total. The molecule has 0 spiro atoms. The molecule has 2 heteroatoms. The molecule has 3 aromatic carbocycles. The molecule has 0 unspecified atom stereocenters. The standard InChI is InChI=1S/C22H17N2/c1-2-8-17(9-3-1)16-23-14-15-24-21-13-7-6-11-19(21)18-10-4-5-12-20(18)22(23)24/h1-15H,16H2/q+1. The van der Waals surface area contributed by atoms with Gasteiger partial charge in [0.05, 0.1) is 5.39 Å². The minimum Gasteiger partial charge on any atom is -0.225 e. The second-order valence-corrected chi connectivity index (χ2v) is 6.17. The van der Waals surface area contributed by atoms with Crippen LogP contribution in [0.2, 0.25) is 0 Å². The van der Waals surface area contributed by atoms with Gasteiger partial charge in [0.1, 0.15) is 24.5 Å². The van der Waals surface area contributed by atoms with Crippen LogP contribution in [0.4, 0.5) is 0 Å². The first-order chi connectivity index (χ1) is 11.9. The number of hydrogen-bond acceptors (Lipinski definition) is 0. The summed E-state index contributed by atoms with van der Waals surface area (Å²) in [4.78, 5) is 0. The van der Waals surface area contributed by atoms with Crippen LogP contribution in [0, 0.1) is 0 Å². The molecule has 0 N–H and O–H groups in total. The van der Waals surface area contributed by atoms with E-state index in [9.17, 15) is 0 Å². The third-order valence-electron chi connectivity index (χ3n) is 4.71. The van der Waals surface area contributed by atoms with Crippen molar-refractivity contribution >= 4 is 27.3 Å². The number of benzene rings is 3. The molecule has 5 aromatic rings. The number of hydrogen-bond donors (Lipinski definition) is 0. The summed E-state index contributed by atoms with van der Waals surface area (Å²) in [6, 6.07) is 27.9. The van der Waals surface area contributed by atoms with E-state index in [1.54, 1.807) is 0 Å². The van der Waals surface area contributed by atoms with Crippen LogP contribution >= 0.6 is 0 Å². The van der Waals surface area contributed by atoms with Crippen LogP contribution < -0.4 is 4.57 Å². The largest absolute Gasteiger partial charge is 0.294 e. The summed E-state index contributed by atoms with van der Waals surface area (Å²) in [6.07, 6.45) is 4.36. The van der Waals surface area contributed by atoms with Crippen LogP contribution in [0.15, 0.2) is 91.3 Å². The summed E-state index contributed by atoms with van der Waals surface area (Å²) in [5.41, 5.74) is 3.80. The zero-order chi connectivity index (χ0) is 15.9. The molecule has 24 heavy (non-hydrogen) atoms. The lowest BCUT2D eigenvalue weighted by Crippen LogP contribution is -2.33. The Bertz CT molecular complexity index is 1170. The van der Waals surface area contributed by atoms with Gasteiger partial charge in [0.2, 0.25) is 0 Å². The number of aromatic nitrogens is 2. The normalized spacial score (nSPS) is 11.5. The van der Waals surface area contributed by atoms with E-state index in [-0.39, 0.29) is 0 Å². The summed E-state index contributed by atoms with van der Waals surface area (Å²) in [5, 5.41) is 3.89. The summed E-state index contributed by atoms with van der Waals surface area (Å²) < 4.78 is 4.64. The average molecular weight is 309 g/mol. The van der Waals surface area contributed by atoms with Crippen molar-refractivity contribution in [1.29, 1.82) is 0 Å². The topological polar surface area (TPSA) is 8.29 Å². The van der Waals surface area contributed by atoms with Crippen LogP contribution in [0.25, 0.3) is 27.3 Å². The van der Waals surface area contributed by atoms with Crippen molar-refractivity contribution in [3.8, 4) is 0 Å². The fourth-order valence-electron chi connectivity index (χ4n) is 3.64. The number of fused-ring (bicyclic) bond motifs is 6. The highest BCUT2D eigenvalue weighted by Crippen LogP contribution is 2.28. The Kier molecular flexibility index (Phi) is 2.89. The molecule has 2 heterocycles. The van der Waals surface area contributed by atoms with Gasteiger partial charge in [-0.05, 0) is 17.7 Å². The predicted octanol–water partition coefficient (Wildman–Crippen LogP) is 4.58. The Morgan fingerprint density at radius 3 is 2.17 bits per heavy atom. The average Bonchev–Trinajstić information content (AvgIpc) is 3.07. The number of nitrogens with zero attached hydrogens (tertiary/aromatic N) is 2. The maximum absolute atomic E-state index is 2.34. The number of imidazole rings is 1. The molecule has 0 aliphatic carbocycles. The third-order valence-corrected chi connectivity index (χ3v) is 4.71. The van der Waals surface area contributed by atoms with Gasteiger partial charge in [-0.15, -0.1) is 0 Å². The molecule has 0 fully saturated rings. The van der Waals surface area contributed by atoms with Crippen LogP contribution in [-0.4, -0.2) is 4.40 Å². The molecular weight excluding hydrogens is 292 g/mol. The third kappa shape index (κ3) is 1.93. The first kappa shape index (κ1) is 13.3. The fraction of sp³-hybridized carbons (Fsp3) is 0.0455. The number of pyridine rings is 1. The van der Waals surface area contributed by atoms with Gasteiger partial charge in [0.25, 0.3) is 5.65 Å². The first-order valence-electron chi connectivity index (χ1n) is 8.26. The molecular formula is C22H17N2+. The number of rotatable bonds is 2. The molecule has 0 aliphatic heterocycles. The van der Waals surface area contributed by atoms with Crippen LogP contribution in [0.3, 0.4) is 0 Å². The van der Waals surface area contributed by atoms with Gasteiger partial charge in [-0.1, -0.05) is 66.7 Å². The lowest BCUT2D eigenvalue weighted by molar-refractivity contribution is -0.661. The Labute approximate surface area is 140 Å². The summed E-state index contributed by atoms with van der Waals surface area (Å²) in [6.45, 7) is 0.875. The van der Waals surface area contributed by atoms with Gasteiger partial charge in [-0.25, -0.2) is 4.57 Å². The van der Waals surface area contributed by atoms with E-state index in [2.05, 4.69) is 100 Å². The minimum absolute atomic E-state index is 0.875. The Hall–Kier alpha value is -3.13. The predicted molar refractivity (Wildman–Crippen MR) is 98.1 cm³/mol. The first-order valence-corrected chi connectivity index (χ1v) is 8.26. The fourth-order valence-corrected chi connectivity index (χ4v) is 3.64. The summed E-state index contributed by atoms with van der Waals surface area (Å²) in [7, 11) is 0. The van der Waals surface area contributed by atoms with Gasteiger partial charge >= 0.3 is 0 Å². The van der Waals surface area contributed by atoms with E-state index in [0.29, 0.717) is 0 Å². The minimum atomic E-state index is 0.875. The van der Waals surface area contributed by atoms with Crippen molar-refractivity contribution in [2.45, 2.75) is 6.54 Å². The SMILES string of the molecule is c1ccc(C[n+]2ccn3c4ccccc4c4ccccc4c32)cc1. The zero-order valence-corrected chi connectivity index (χ0v) is 13.3. The number of para-hydroxylation sites is 1. The summed E-state index contributed by atoms with van der Waals surface area (Å²) >= 11 is 0. The quantitative estimate of drug-likeness (QED) is 0.333. The molecule has 0 radical (unpaired) electrons. The zero-order valence-electron chi connectivity index (χ0n) is 13.3. The molecule has 0 saturated heterocycles. The maximum atomic E-state index is 2.34. The molecule has 2 aromatic heterocycles. The Balaban J connectivity index is 1.88. The van der Waals surface area contributed by atoms with Gasteiger partial charge in [0, 0.05) is 10.8 Å². The van der Waals surface area contributed by atoms with Gasteiger partial charge in [-0.2, -0.15) is 4.40 Å². The Morgan fingerprint density at radius 1 is 0.667 bits per heavy atom. The Morgan fingerprint density at radius 2 is 1.33 bits per heavy atom. The maximum Gasteiger partial charge on any atom is 0.294 e. The highest BCUT2D eigenvalue weighted by atomic mass is 15.1. The van der Waals surface area contributed by atoms with Gasteiger partial charge < -0.3 is 0 Å². The highest BCUT2D eigenvalue weighted by Gasteiger charge is 2.18. The second-order valence-electron chi connectivity index (χ2n) is 6.17. The lowest BCUT2D eigenvalue weighted by atomic mass is 10.1. The van der Waals surface area contributed by atoms with Crippen LogP contribution in [-0.2, 0) is 6.54 Å². The van der Waals surface area contributed by atoms with Gasteiger partial charge in [0.15, 0.2) is 0 Å². The molecule has 0 atom stereocenters. The lowest BCUT2D eigenvalue weighted by Gasteiger charge is -2.05. The van der Waals surface area contributed by atoms with Crippen molar-refractivity contribution in [3.63, 3.8) is 0 Å². The van der Waals surface area contributed by atoms with E-state index in [4.69, 9.17) is 0 Å². The van der Waals surface area contributed by atoms with Gasteiger partial charge in [-0.3, -0.25) is 0 Å². The summed E-state index contributed by atoms with van der Waals surface area (Å²) in [5.74, 6) is 0. The molecule has 0 bridgehead atoms. The van der Waals surface area contributed by atoms with Crippen molar-refractivity contribution in [2.75, 3.05) is 0 Å². The van der Waals surface area contributed by atoms with Crippen LogP contribution in [0.5, 0.6) is 0 Å². The van der Waals surface area contributed by atoms with E-state index in [1.165, 1.54) is 32.9 Å². The molecule has 0 amide bonds. The van der Waals surface area contributed by atoms with Crippen molar-refractivity contribution in [3.05, 3.63) is 96.8 Å². The smallest absolute Gasteiger partial charge is 0.225 e. The van der Waals surface area contributed by atoms with E-state index in [0.717, 1.165) is 6.54 Å². The molecule has 0 saturated carbocycles. The van der Waals surface area contributed by atoms with Crippen molar-refractivity contribution < 1.29 is 4.57 Å². The van der Waals surface area contributed by atoms with Crippen molar-refractivity contribution in [2.24, 2.45) is 0 Å². The molecule has 114 valence electrons.